The lowest BCUT2D eigenvalue weighted by Crippen LogP contribution is -2.39. The van der Waals surface area contributed by atoms with Crippen LogP contribution >= 0.6 is 22.7 Å². The van der Waals surface area contributed by atoms with E-state index >= 15 is 0 Å². The minimum Gasteiger partial charge on any atom is -0.444 e. The van der Waals surface area contributed by atoms with Gasteiger partial charge in [0.05, 0.1) is 17.1 Å². The molecule has 0 fully saturated rings. The number of anilines is 1. The number of rotatable bonds is 2. The zero-order valence-electron chi connectivity index (χ0n) is 18.5. The maximum Gasteiger partial charge on any atom is 0.410 e. The lowest BCUT2D eigenvalue weighted by Gasteiger charge is -2.29. The quantitative estimate of drug-likeness (QED) is 0.601. The molecule has 0 unspecified atom stereocenters. The summed E-state index contributed by atoms with van der Waals surface area (Å²) < 4.78 is 5.47. The summed E-state index contributed by atoms with van der Waals surface area (Å²) in [5.74, 6) is 0.494. The minimum atomic E-state index is -0.534. The number of hydrogen-bond donors (Lipinski definition) is 1. The molecular formula is C21H25N5O3S2. The number of carbonyl (C=O) groups excluding carboxylic acids is 2. The Bertz CT molecular complexity index is 1190. The molecule has 0 atom stereocenters. The first-order valence-electron chi connectivity index (χ1n) is 10.0. The van der Waals surface area contributed by atoms with Crippen molar-refractivity contribution in [1.82, 2.24) is 19.9 Å². The third-order valence-corrected chi connectivity index (χ3v) is 7.07. The highest BCUT2D eigenvalue weighted by Crippen LogP contribution is 2.33. The molecule has 1 aliphatic rings. The molecule has 4 heterocycles. The van der Waals surface area contributed by atoms with Gasteiger partial charge in [0.2, 0.25) is 0 Å². The second kappa shape index (κ2) is 7.83. The van der Waals surface area contributed by atoms with Crippen molar-refractivity contribution in [2.45, 2.75) is 60.1 Å². The predicted molar refractivity (Wildman–Crippen MR) is 122 cm³/mol. The maximum atomic E-state index is 13.0. The molecule has 3 aromatic heterocycles. The van der Waals surface area contributed by atoms with E-state index in [2.05, 4.69) is 20.3 Å². The third-order valence-electron chi connectivity index (χ3n) is 4.89. The Kier molecular flexibility index (Phi) is 5.47. The molecule has 0 aliphatic carbocycles. The Labute approximate surface area is 188 Å². The maximum absolute atomic E-state index is 13.0. The van der Waals surface area contributed by atoms with Crippen LogP contribution < -0.4 is 5.32 Å². The standard InChI is InChI=1S/C21H25N5O3S2/c1-10-15-11(2)22-12(3)23-18(15)31-16(10)17(27)25-19-24-13-7-8-26(9-14(13)30-19)20(28)29-21(4,5)6/h7-9H2,1-6H3,(H,24,25,27). The summed E-state index contributed by atoms with van der Waals surface area (Å²) >= 11 is 2.77. The Morgan fingerprint density at radius 2 is 1.84 bits per heavy atom. The van der Waals surface area contributed by atoms with Crippen molar-refractivity contribution in [3.05, 3.63) is 32.5 Å². The average molecular weight is 460 g/mol. The van der Waals surface area contributed by atoms with Crippen LogP contribution in [0.5, 0.6) is 0 Å². The first kappa shape index (κ1) is 21.6. The van der Waals surface area contributed by atoms with Gasteiger partial charge < -0.3 is 9.64 Å². The van der Waals surface area contributed by atoms with Gasteiger partial charge in [-0.2, -0.15) is 0 Å². The van der Waals surface area contributed by atoms with E-state index in [9.17, 15) is 9.59 Å². The SMILES string of the molecule is Cc1nc(C)c2c(C)c(C(=O)Nc3nc4c(s3)CN(C(=O)OC(C)(C)C)CC4)sc2n1. The van der Waals surface area contributed by atoms with Crippen LogP contribution in [0.2, 0.25) is 0 Å². The van der Waals surface area contributed by atoms with Gasteiger partial charge in [-0.25, -0.2) is 19.7 Å². The second-order valence-corrected chi connectivity index (χ2v) is 10.7. The Morgan fingerprint density at radius 3 is 2.55 bits per heavy atom. The van der Waals surface area contributed by atoms with E-state index in [0.29, 0.717) is 35.3 Å². The molecule has 0 spiro atoms. The van der Waals surface area contributed by atoms with E-state index in [1.165, 1.54) is 22.7 Å². The lowest BCUT2D eigenvalue weighted by molar-refractivity contribution is 0.0225. The molecule has 0 saturated carbocycles. The van der Waals surface area contributed by atoms with Crippen LogP contribution in [-0.4, -0.2) is 44.0 Å². The Balaban J connectivity index is 1.51. The van der Waals surface area contributed by atoms with Crippen molar-refractivity contribution in [1.29, 1.82) is 0 Å². The molecule has 8 nitrogen and oxygen atoms in total. The number of thiophene rings is 1. The number of thiazole rings is 1. The van der Waals surface area contributed by atoms with Gasteiger partial charge >= 0.3 is 6.09 Å². The largest absolute Gasteiger partial charge is 0.444 e. The molecule has 1 N–H and O–H groups in total. The van der Waals surface area contributed by atoms with Gasteiger partial charge in [-0.1, -0.05) is 11.3 Å². The smallest absolute Gasteiger partial charge is 0.410 e. The highest BCUT2D eigenvalue weighted by Gasteiger charge is 2.28. The summed E-state index contributed by atoms with van der Waals surface area (Å²) in [7, 11) is 0. The van der Waals surface area contributed by atoms with Crippen LogP contribution in [0.25, 0.3) is 10.2 Å². The van der Waals surface area contributed by atoms with Gasteiger partial charge in [0, 0.05) is 28.9 Å². The molecule has 2 amide bonds. The minimum absolute atomic E-state index is 0.201. The number of aromatic nitrogens is 3. The van der Waals surface area contributed by atoms with E-state index in [-0.39, 0.29) is 12.0 Å². The van der Waals surface area contributed by atoms with E-state index in [1.807, 2.05) is 41.5 Å². The van der Waals surface area contributed by atoms with Crippen LogP contribution in [0.15, 0.2) is 0 Å². The normalized spacial score (nSPS) is 13.9. The fourth-order valence-corrected chi connectivity index (χ4v) is 5.77. The molecule has 0 bridgehead atoms. The van der Waals surface area contributed by atoms with Gasteiger partial charge in [-0.15, -0.1) is 11.3 Å². The van der Waals surface area contributed by atoms with Crippen molar-refractivity contribution in [3.63, 3.8) is 0 Å². The number of amides is 2. The first-order chi connectivity index (χ1) is 14.5. The highest BCUT2D eigenvalue weighted by molar-refractivity contribution is 7.21. The van der Waals surface area contributed by atoms with Crippen LogP contribution in [-0.2, 0) is 17.7 Å². The van der Waals surface area contributed by atoms with E-state index in [0.717, 1.165) is 32.0 Å². The predicted octanol–water partition coefficient (Wildman–Crippen LogP) is 4.62. The zero-order valence-corrected chi connectivity index (χ0v) is 20.1. The van der Waals surface area contributed by atoms with Gasteiger partial charge in [-0.05, 0) is 47.1 Å². The van der Waals surface area contributed by atoms with Gasteiger partial charge in [-0.3, -0.25) is 10.1 Å². The Hall–Kier alpha value is -2.59. The summed E-state index contributed by atoms with van der Waals surface area (Å²) in [5.41, 5.74) is 2.15. The van der Waals surface area contributed by atoms with Crippen molar-refractivity contribution >= 4 is 50.0 Å². The molecule has 4 rings (SSSR count). The number of hydrogen-bond acceptors (Lipinski definition) is 8. The third kappa shape index (κ3) is 4.40. The Morgan fingerprint density at radius 1 is 1.10 bits per heavy atom. The van der Waals surface area contributed by atoms with Crippen LogP contribution in [0.3, 0.4) is 0 Å². The highest BCUT2D eigenvalue weighted by atomic mass is 32.1. The molecule has 1 aliphatic heterocycles. The van der Waals surface area contributed by atoms with Crippen molar-refractivity contribution in [2.24, 2.45) is 0 Å². The molecule has 31 heavy (non-hydrogen) atoms. The van der Waals surface area contributed by atoms with Crippen molar-refractivity contribution < 1.29 is 14.3 Å². The molecule has 0 radical (unpaired) electrons. The number of aryl methyl sites for hydroxylation is 3. The van der Waals surface area contributed by atoms with Crippen LogP contribution in [0, 0.1) is 20.8 Å². The van der Waals surface area contributed by atoms with Gasteiger partial charge in [0.1, 0.15) is 16.3 Å². The fourth-order valence-electron chi connectivity index (χ4n) is 3.58. The summed E-state index contributed by atoms with van der Waals surface area (Å²) in [6, 6.07) is 0. The average Bonchev–Trinajstić information content (AvgIpc) is 3.19. The molecule has 164 valence electrons. The lowest BCUT2D eigenvalue weighted by atomic mass is 10.1. The molecule has 10 heteroatoms. The molecule has 0 aromatic carbocycles. The van der Waals surface area contributed by atoms with Gasteiger partial charge in [0.15, 0.2) is 5.13 Å². The summed E-state index contributed by atoms with van der Waals surface area (Å²) in [5, 5.41) is 4.41. The topological polar surface area (TPSA) is 97.3 Å². The summed E-state index contributed by atoms with van der Waals surface area (Å²) in [6.45, 7) is 12.2. The zero-order chi connectivity index (χ0) is 22.5. The second-order valence-electron chi connectivity index (χ2n) is 8.59. The molecule has 0 saturated heterocycles. The van der Waals surface area contributed by atoms with Crippen LogP contribution in [0.1, 0.15) is 58.1 Å². The van der Waals surface area contributed by atoms with E-state index < -0.39 is 5.60 Å². The summed E-state index contributed by atoms with van der Waals surface area (Å²) in [4.78, 5) is 42.9. The number of ether oxygens (including phenoxy) is 1. The van der Waals surface area contributed by atoms with E-state index in [1.54, 1.807) is 4.90 Å². The monoisotopic (exact) mass is 459 g/mol. The van der Waals surface area contributed by atoms with E-state index in [4.69, 9.17) is 4.74 Å². The number of carbonyl (C=O) groups is 2. The fraction of sp³-hybridized carbons (Fsp3) is 0.476. The number of nitrogens with zero attached hydrogens (tertiary/aromatic N) is 4. The van der Waals surface area contributed by atoms with Crippen molar-refractivity contribution in [2.75, 3.05) is 11.9 Å². The van der Waals surface area contributed by atoms with Gasteiger partial charge in [0.25, 0.3) is 5.91 Å². The molecular weight excluding hydrogens is 434 g/mol. The van der Waals surface area contributed by atoms with Crippen LogP contribution in [0.4, 0.5) is 9.93 Å². The number of nitrogens with one attached hydrogen (secondary N) is 1. The van der Waals surface area contributed by atoms with Crippen molar-refractivity contribution in [3.8, 4) is 0 Å². The first-order valence-corrected chi connectivity index (χ1v) is 11.7. The number of fused-ring (bicyclic) bond motifs is 2. The summed E-state index contributed by atoms with van der Waals surface area (Å²) in [6.07, 6.45) is 0.307. The molecule has 3 aromatic rings.